The fraction of sp³-hybridized carbons (Fsp3) is 0.409. The van der Waals surface area contributed by atoms with Crippen molar-refractivity contribution in [2.24, 2.45) is 4.99 Å². The van der Waals surface area contributed by atoms with E-state index in [4.69, 9.17) is 4.42 Å². The molecular weight excluding hydrogens is 464 g/mol. The van der Waals surface area contributed by atoms with Gasteiger partial charge in [0.1, 0.15) is 0 Å². The van der Waals surface area contributed by atoms with Gasteiger partial charge in [-0.1, -0.05) is 17.8 Å². The molecule has 174 valence electrons. The zero-order valence-electron chi connectivity index (χ0n) is 18.1. The molecule has 1 N–H and O–H groups in total. The first-order valence-corrected chi connectivity index (χ1v) is 13.4. The smallest absolute Gasteiger partial charge is 0.289 e. The second-order valence-corrected chi connectivity index (χ2v) is 11.8. The Morgan fingerprint density at radius 2 is 1.82 bits per heavy atom. The maximum atomic E-state index is 13.1. The van der Waals surface area contributed by atoms with Gasteiger partial charge in [0, 0.05) is 42.7 Å². The van der Waals surface area contributed by atoms with Gasteiger partial charge in [0.2, 0.25) is 0 Å². The van der Waals surface area contributed by atoms with Gasteiger partial charge in [-0.2, -0.15) is 0 Å². The molecule has 3 aliphatic rings. The van der Waals surface area contributed by atoms with E-state index in [0.29, 0.717) is 42.7 Å². The Labute approximate surface area is 196 Å². The lowest BCUT2D eigenvalue weighted by molar-refractivity contribution is 0.0518. The number of carbonyl (C=O) groups is 2. The zero-order valence-corrected chi connectivity index (χ0v) is 19.7. The van der Waals surface area contributed by atoms with Crippen LogP contribution in [0.15, 0.2) is 46.0 Å². The molecular formula is C22H24N4O5S2. The number of benzene rings is 1. The number of fused-ring (bicyclic) bond motifs is 1. The second-order valence-electron chi connectivity index (χ2n) is 8.45. The van der Waals surface area contributed by atoms with Crippen molar-refractivity contribution >= 4 is 44.3 Å². The largest absolute Gasteiger partial charge is 0.459 e. The van der Waals surface area contributed by atoms with E-state index in [1.165, 1.54) is 18.0 Å². The van der Waals surface area contributed by atoms with Gasteiger partial charge in [-0.05, 0) is 36.8 Å². The molecule has 2 aromatic rings. The number of rotatable bonds is 3. The van der Waals surface area contributed by atoms with Crippen LogP contribution >= 0.6 is 11.8 Å². The molecule has 9 nitrogen and oxygen atoms in total. The van der Waals surface area contributed by atoms with Crippen LogP contribution in [0.3, 0.4) is 0 Å². The van der Waals surface area contributed by atoms with Crippen molar-refractivity contribution in [3.63, 3.8) is 0 Å². The van der Waals surface area contributed by atoms with E-state index in [2.05, 4.69) is 10.3 Å². The van der Waals surface area contributed by atoms with Crippen molar-refractivity contribution < 1.29 is 22.4 Å². The highest BCUT2D eigenvalue weighted by molar-refractivity contribution is 8.15. The number of hydrogen-bond donors (Lipinski definition) is 1. The highest BCUT2D eigenvalue weighted by Crippen LogP contribution is 2.35. The number of amidine groups is 1. The van der Waals surface area contributed by atoms with Gasteiger partial charge in [0.05, 0.1) is 23.8 Å². The first kappa shape index (κ1) is 22.0. The van der Waals surface area contributed by atoms with Crippen LogP contribution in [-0.2, 0) is 9.84 Å². The summed E-state index contributed by atoms with van der Waals surface area (Å²) in [7, 11) is -3.00. The molecule has 2 unspecified atom stereocenters. The summed E-state index contributed by atoms with van der Waals surface area (Å²) in [5.41, 5.74) is 2.30. The third-order valence-electron chi connectivity index (χ3n) is 6.13. The molecule has 2 amide bonds. The van der Waals surface area contributed by atoms with Gasteiger partial charge in [-0.25, -0.2) is 8.42 Å². The molecule has 2 atom stereocenters. The van der Waals surface area contributed by atoms with Crippen LogP contribution in [-0.4, -0.2) is 84.2 Å². The normalized spacial score (nSPS) is 23.8. The maximum absolute atomic E-state index is 13.1. The molecule has 1 aromatic heterocycles. The molecule has 0 radical (unpaired) electrons. The zero-order chi connectivity index (χ0) is 23.2. The van der Waals surface area contributed by atoms with E-state index in [9.17, 15) is 18.0 Å². The van der Waals surface area contributed by atoms with E-state index < -0.39 is 9.84 Å². The summed E-state index contributed by atoms with van der Waals surface area (Å²) in [5.74, 6) is 0.303. The predicted octanol–water partition coefficient (Wildman–Crippen LogP) is 1.87. The van der Waals surface area contributed by atoms with Gasteiger partial charge < -0.3 is 19.5 Å². The molecule has 5 rings (SSSR count). The van der Waals surface area contributed by atoms with Gasteiger partial charge in [-0.15, -0.1) is 0 Å². The summed E-state index contributed by atoms with van der Waals surface area (Å²) >= 11 is 1.45. The highest BCUT2D eigenvalue weighted by Gasteiger charge is 2.42. The van der Waals surface area contributed by atoms with Crippen LogP contribution in [0.4, 0.5) is 5.69 Å². The van der Waals surface area contributed by atoms with Gasteiger partial charge in [-0.3, -0.25) is 14.6 Å². The molecule has 4 heterocycles. The van der Waals surface area contributed by atoms with Gasteiger partial charge in [0.15, 0.2) is 20.8 Å². The summed E-state index contributed by atoms with van der Waals surface area (Å²) in [6.07, 6.45) is 1.47. The number of piperazine rings is 1. The lowest BCUT2D eigenvalue weighted by atomic mass is 10.1. The monoisotopic (exact) mass is 488 g/mol. The van der Waals surface area contributed by atoms with Crippen molar-refractivity contribution in [2.75, 3.05) is 43.0 Å². The lowest BCUT2D eigenvalue weighted by Crippen LogP contribution is -2.50. The molecule has 2 saturated heterocycles. The molecule has 2 fully saturated rings. The molecule has 1 aromatic carbocycles. The SMILES string of the molecule is Cc1ccc(C(=O)N2CCN(C(=O)c3ccco3)CC2)cc1NC1=NC2CS(=O)(=O)CC2S1. The number of amides is 2. The van der Waals surface area contributed by atoms with Crippen LogP contribution < -0.4 is 5.32 Å². The summed E-state index contributed by atoms with van der Waals surface area (Å²) in [6, 6.07) is 8.62. The molecule has 0 spiro atoms. The summed E-state index contributed by atoms with van der Waals surface area (Å²) in [4.78, 5) is 33.5. The summed E-state index contributed by atoms with van der Waals surface area (Å²) in [5, 5.41) is 3.94. The lowest BCUT2D eigenvalue weighted by Gasteiger charge is -2.34. The number of carbonyl (C=O) groups excluding carboxylic acids is 2. The van der Waals surface area contributed by atoms with Crippen LogP contribution in [0.5, 0.6) is 0 Å². The quantitative estimate of drug-likeness (QED) is 0.702. The van der Waals surface area contributed by atoms with Crippen molar-refractivity contribution in [1.29, 1.82) is 0 Å². The number of aryl methyl sites for hydroxylation is 1. The van der Waals surface area contributed by atoms with Crippen LogP contribution in [0.25, 0.3) is 0 Å². The molecule has 0 bridgehead atoms. The Balaban J connectivity index is 1.23. The van der Waals surface area contributed by atoms with Crippen molar-refractivity contribution in [1.82, 2.24) is 9.80 Å². The second kappa shape index (κ2) is 8.53. The number of nitrogens with zero attached hydrogens (tertiary/aromatic N) is 3. The molecule has 11 heteroatoms. The number of hydrogen-bond acceptors (Lipinski definition) is 8. The minimum Gasteiger partial charge on any atom is -0.459 e. The average molecular weight is 489 g/mol. The van der Waals surface area contributed by atoms with Gasteiger partial charge >= 0.3 is 0 Å². The van der Waals surface area contributed by atoms with E-state index in [1.54, 1.807) is 28.0 Å². The Kier molecular flexibility index (Phi) is 5.69. The Bertz CT molecular complexity index is 1220. The summed E-state index contributed by atoms with van der Waals surface area (Å²) in [6.45, 7) is 3.73. The standard InChI is InChI=1S/C22H24N4O5S2/c1-14-4-5-15(11-16(14)23-22-24-17-12-33(29,30)13-19(17)32-22)20(27)25-6-8-26(9-7-25)21(28)18-3-2-10-31-18/h2-5,10-11,17,19H,6-9,12-13H2,1H3,(H,23,24). The average Bonchev–Trinajstić information content (AvgIpc) is 3.50. The number of thioether (sulfide) groups is 1. The van der Waals surface area contributed by atoms with E-state index >= 15 is 0 Å². The van der Waals surface area contributed by atoms with Crippen LogP contribution in [0.1, 0.15) is 26.5 Å². The third-order valence-corrected chi connectivity index (χ3v) is 9.27. The van der Waals surface area contributed by atoms with Crippen LogP contribution in [0, 0.1) is 6.92 Å². The van der Waals surface area contributed by atoms with Crippen molar-refractivity contribution in [3.05, 3.63) is 53.5 Å². The summed E-state index contributed by atoms with van der Waals surface area (Å²) < 4.78 is 28.7. The predicted molar refractivity (Wildman–Crippen MR) is 127 cm³/mol. The number of furan rings is 1. The topological polar surface area (TPSA) is 112 Å². The highest BCUT2D eigenvalue weighted by atomic mass is 32.2. The first-order valence-electron chi connectivity index (χ1n) is 10.7. The fourth-order valence-electron chi connectivity index (χ4n) is 4.27. The fourth-order valence-corrected chi connectivity index (χ4v) is 7.94. The number of anilines is 1. The molecule has 3 aliphatic heterocycles. The molecule has 0 aliphatic carbocycles. The van der Waals surface area contributed by atoms with Crippen LogP contribution in [0.2, 0.25) is 0 Å². The maximum Gasteiger partial charge on any atom is 0.289 e. The number of nitrogens with one attached hydrogen (secondary N) is 1. The first-order chi connectivity index (χ1) is 15.8. The van der Waals surface area contributed by atoms with Crippen molar-refractivity contribution in [2.45, 2.75) is 18.2 Å². The third kappa shape index (κ3) is 4.51. The minimum atomic E-state index is -3.00. The minimum absolute atomic E-state index is 0.0391. The number of aliphatic imine (C=N–C) groups is 1. The molecule has 0 saturated carbocycles. The van der Waals surface area contributed by atoms with E-state index in [-0.39, 0.29) is 34.6 Å². The number of sulfone groups is 1. The molecule has 33 heavy (non-hydrogen) atoms. The Morgan fingerprint density at radius 1 is 1.09 bits per heavy atom. The van der Waals surface area contributed by atoms with E-state index in [0.717, 1.165) is 11.3 Å². The van der Waals surface area contributed by atoms with E-state index in [1.807, 2.05) is 19.1 Å². The van der Waals surface area contributed by atoms with Crippen molar-refractivity contribution in [3.8, 4) is 0 Å². The Hall–Kier alpha value is -2.79. The van der Waals surface area contributed by atoms with Gasteiger partial charge in [0.25, 0.3) is 11.8 Å². The Morgan fingerprint density at radius 3 is 2.48 bits per heavy atom.